The molecule has 0 saturated carbocycles. The van der Waals surface area contributed by atoms with Gasteiger partial charge in [0.2, 0.25) is 0 Å². The van der Waals surface area contributed by atoms with E-state index in [-0.39, 0.29) is 18.4 Å². The Kier molecular flexibility index (Phi) is 8.64. The van der Waals surface area contributed by atoms with Gasteiger partial charge in [0.05, 0.1) is 15.2 Å². The molecule has 0 radical (unpaired) electrons. The van der Waals surface area contributed by atoms with Crippen LogP contribution in [0.5, 0.6) is 0 Å². The van der Waals surface area contributed by atoms with Crippen LogP contribution in [0.3, 0.4) is 0 Å². The van der Waals surface area contributed by atoms with Gasteiger partial charge in [-0.05, 0) is 35.4 Å². The molecule has 2 aliphatic rings. The second kappa shape index (κ2) is 12.1. The third-order valence-corrected chi connectivity index (χ3v) is 10.5. The van der Waals surface area contributed by atoms with E-state index in [9.17, 15) is 37.3 Å². The number of hydrogen-bond acceptors (Lipinski definition) is 11. The molecule has 0 aliphatic carbocycles. The summed E-state index contributed by atoms with van der Waals surface area (Å²) in [4.78, 5) is 51.9. The van der Waals surface area contributed by atoms with Gasteiger partial charge in [-0.1, -0.05) is 72.1 Å². The maximum atomic E-state index is 13.3. The molecule has 43 heavy (non-hydrogen) atoms. The zero-order valence-corrected chi connectivity index (χ0v) is 25.7. The van der Waals surface area contributed by atoms with Crippen LogP contribution in [-0.2, 0) is 31.0 Å². The molecule has 1 amide bonds. The van der Waals surface area contributed by atoms with Crippen LogP contribution in [0.25, 0.3) is 22.1 Å². The van der Waals surface area contributed by atoms with Gasteiger partial charge in [-0.2, -0.15) is 8.42 Å². The molecule has 1 aromatic heterocycles. The van der Waals surface area contributed by atoms with E-state index in [2.05, 4.69) is 0 Å². The van der Waals surface area contributed by atoms with Crippen molar-refractivity contribution in [3.05, 3.63) is 79.2 Å². The number of anilines is 1. The van der Waals surface area contributed by atoms with Crippen molar-refractivity contribution in [2.75, 3.05) is 17.3 Å². The predicted molar refractivity (Wildman–Crippen MR) is 168 cm³/mol. The van der Waals surface area contributed by atoms with Crippen molar-refractivity contribution in [1.82, 2.24) is 9.47 Å². The number of fused-ring (bicyclic) bond motifs is 1. The minimum absolute atomic E-state index is 0.00746. The fourth-order valence-electron chi connectivity index (χ4n) is 4.26. The number of rotatable bonds is 8. The van der Waals surface area contributed by atoms with Crippen LogP contribution in [0, 0.1) is 0 Å². The van der Waals surface area contributed by atoms with E-state index < -0.39 is 52.5 Å². The lowest BCUT2D eigenvalue weighted by molar-refractivity contribution is -0.140. The molecule has 17 heteroatoms. The highest BCUT2D eigenvalue weighted by Gasteiger charge is 2.35. The Labute approximate surface area is 261 Å². The Balaban J connectivity index is 1.61. The summed E-state index contributed by atoms with van der Waals surface area (Å²) in [7, 11) is -4.48. The van der Waals surface area contributed by atoms with E-state index in [1.165, 1.54) is 28.8 Å². The normalized spacial score (nSPS) is 17.7. The smallest absolute Gasteiger partial charge is 0.323 e. The molecule has 3 aromatic rings. The number of thiazole rings is 1. The van der Waals surface area contributed by atoms with Crippen molar-refractivity contribution in [3.63, 3.8) is 0 Å². The van der Waals surface area contributed by atoms with Crippen LogP contribution < -0.4 is 19.7 Å². The number of thiocarbonyl (C=S) groups is 1. The summed E-state index contributed by atoms with van der Waals surface area (Å²) < 4.78 is 34.5. The van der Waals surface area contributed by atoms with Gasteiger partial charge < -0.3 is 15.1 Å². The lowest BCUT2D eigenvalue weighted by Crippen LogP contribution is -2.36. The molecule has 2 aliphatic heterocycles. The molecule has 2 aromatic carbocycles. The van der Waals surface area contributed by atoms with Crippen molar-refractivity contribution < 1.29 is 37.6 Å². The summed E-state index contributed by atoms with van der Waals surface area (Å²) in [6, 6.07) is 14.9. The highest BCUT2D eigenvalue weighted by atomic mass is 32.2. The van der Waals surface area contributed by atoms with Gasteiger partial charge in [0, 0.05) is 4.90 Å². The Morgan fingerprint density at radius 1 is 0.907 bits per heavy atom. The van der Waals surface area contributed by atoms with Crippen molar-refractivity contribution in [2.45, 2.75) is 11.4 Å². The Morgan fingerprint density at radius 3 is 2.26 bits per heavy atom. The Bertz CT molecular complexity index is 2020. The van der Waals surface area contributed by atoms with Gasteiger partial charge in [0.1, 0.15) is 27.0 Å². The lowest BCUT2D eigenvalue weighted by Gasteiger charge is -2.18. The first-order valence-electron chi connectivity index (χ1n) is 12.1. The summed E-state index contributed by atoms with van der Waals surface area (Å²) in [5.41, 5.74) is 1.51. The minimum atomic E-state index is -4.48. The molecule has 1 fully saturated rings. The van der Waals surface area contributed by atoms with Crippen LogP contribution in [0.4, 0.5) is 5.69 Å². The molecule has 3 N–H and O–H groups in total. The number of amides is 1. The maximum Gasteiger partial charge on any atom is 0.323 e. The van der Waals surface area contributed by atoms with Gasteiger partial charge in [-0.3, -0.25) is 33.2 Å². The number of aromatic nitrogens is 1. The van der Waals surface area contributed by atoms with Crippen LogP contribution in [0.1, 0.15) is 0 Å². The van der Waals surface area contributed by atoms with Gasteiger partial charge in [0.15, 0.2) is 5.88 Å². The molecule has 12 nitrogen and oxygen atoms in total. The average molecular weight is 678 g/mol. The zero-order valence-electron chi connectivity index (χ0n) is 21.6. The lowest BCUT2D eigenvalue weighted by atomic mass is 10.1. The molecule has 0 unspecified atom stereocenters. The molecule has 5 rings (SSSR count). The van der Waals surface area contributed by atoms with Crippen molar-refractivity contribution in [1.29, 1.82) is 0 Å². The molecule has 222 valence electrons. The minimum Gasteiger partial charge on any atom is -0.480 e. The highest BCUT2D eigenvalue weighted by molar-refractivity contribution is 8.30. The molecule has 0 atom stereocenters. The van der Waals surface area contributed by atoms with Crippen LogP contribution in [-0.4, -0.2) is 67.2 Å². The molecule has 0 spiro atoms. The zero-order chi connectivity index (χ0) is 31.1. The van der Waals surface area contributed by atoms with Crippen LogP contribution in [0.2, 0.25) is 0 Å². The number of allylic oxidation sites excluding steroid dienone is 1. The summed E-state index contributed by atoms with van der Waals surface area (Å²) in [6.07, 6.45) is 2.84. The number of thioether (sulfide) groups is 2. The number of carboxylic acid groups (broad SMARTS) is 2. The second-order valence-electron chi connectivity index (χ2n) is 9.00. The van der Waals surface area contributed by atoms with E-state index in [0.29, 0.717) is 15.6 Å². The summed E-state index contributed by atoms with van der Waals surface area (Å²) >= 11 is 7.91. The summed E-state index contributed by atoms with van der Waals surface area (Å²) in [5.74, 6) is -4.17. The number of nitrogens with zero attached hydrogens (tertiary/aromatic N) is 3. The topological polar surface area (TPSA) is 175 Å². The SMILES string of the molecule is O=C(O)CN1C(=O)/C(=c2/s/c(=C\C=C3\Sc4ccc(-c5ccccc5)cc4N3CS(=O)(=O)O)c(=O)n2CC(=O)O)SC1=S. The van der Waals surface area contributed by atoms with E-state index in [4.69, 9.17) is 17.3 Å². The highest BCUT2D eigenvalue weighted by Crippen LogP contribution is 2.47. The number of carbonyl (C=O) groups is 3. The third kappa shape index (κ3) is 6.61. The van der Waals surface area contributed by atoms with Crippen molar-refractivity contribution >= 4 is 96.0 Å². The second-order valence-corrected chi connectivity index (χ2v) is 14.2. The van der Waals surface area contributed by atoms with Gasteiger partial charge >= 0.3 is 11.9 Å². The fraction of sp³-hybridized carbons (Fsp3) is 0.115. The first kappa shape index (κ1) is 30.7. The van der Waals surface area contributed by atoms with E-state index in [0.717, 1.165) is 43.7 Å². The summed E-state index contributed by atoms with van der Waals surface area (Å²) in [6.45, 7) is -1.46. The molecule has 1 saturated heterocycles. The average Bonchev–Trinajstić information content (AvgIpc) is 3.53. The number of benzene rings is 2. The number of carboxylic acids is 2. The number of aliphatic carboxylic acids is 2. The van der Waals surface area contributed by atoms with Crippen molar-refractivity contribution in [3.8, 4) is 11.1 Å². The largest absolute Gasteiger partial charge is 0.480 e. The van der Waals surface area contributed by atoms with E-state index in [1.54, 1.807) is 6.07 Å². The summed E-state index contributed by atoms with van der Waals surface area (Å²) in [5, 5.41) is 18.9. The Morgan fingerprint density at radius 2 is 1.60 bits per heavy atom. The first-order chi connectivity index (χ1) is 20.3. The quantitative estimate of drug-likeness (QED) is 0.233. The van der Waals surface area contributed by atoms with Gasteiger partial charge in [-0.15, -0.1) is 11.3 Å². The fourth-order valence-corrected chi connectivity index (χ4v) is 8.44. The van der Waals surface area contributed by atoms with Gasteiger partial charge in [-0.25, -0.2) is 0 Å². The third-order valence-electron chi connectivity index (χ3n) is 6.04. The predicted octanol–water partition coefficient (Wildman–Crippen LogP) is 1.79. The maximum absolute atomic E-state index is 13.3. The standard InChI is InChI=1S/C26H19N3O9S5/c30-20(31)11-27-23(34)18(41-25(27)22-24(35)28(12-21(32)33)26(39)42-22)8-9-19-29(13-43(36,37)38)16-10-15(6-7-17(16)40-19)14-4-2-1-3-5-14/h1-10H,11-13H2,(H,30,31)(H,32,33)(H,36,37,38)/b18-8-,19-9+,25-22-. The first-order valence-corrected chi connectivity index (χ1v) is 16.5. The van der Waals surface area contributed by atoms with Crippen LogP contribution in [0.15, 0.2) is 69.3 Å². The van der Waals surface area contributed by atoms with E-state index >= 15 is 0 Å². The molecular weight excluding hydrogens is 659 g/mol. The monoisotopic (exact) mass is 677 g/mol. The van der Waals surface area contributed by atoms with Crippen molar-refractivity contribution in [2.24, 2.45) is 0 Å². The number of hydrogen-bond donors (Lipinski definition) is 3. The van der Waals surface area contributed by atoms with Gasteiger partial charge in [0.25, 0.3) is 21.6 Å². The number of carbonyl (C=O) groups excluding carboxylic acids is 1. The molecule has 3 heterocycles. The molecular formula is C26H19N3O9S5. The Hall–Kier alpha value is -3.74. The van der Waals surface area contributed by atoms with Crippen LogP contribution >= 0.6 is 47.1 Å². The molecule has 0 bridgehead atoms. The van der Waals surface area contributed by atoms with E-state index in [1.807, 2.05) is 42.5 Å².